The van der Waals surface area contributed by atoms with Gasteiger partial charge < -0.3 is 9.47 Å². The molecule has 4 heteroatoms. The summed E-state index contributed by atoms with van der Waals surface area (Å²) in [4.78, 5) is 13.1. The number of ketones is 1. The molecule has 1 aliphatic carbocycles. The molecule has 0 aromatic heterocycles. The SMILES string of the molecule is COCOC1=c2c(C)cccc2=C([Si](C)(C)C(C)(C)C)C(C)C1=O. The van der Waals surface area contributed by atoms with E-state index in [9.17, 15) is 4.79 Å². The highest BCUT2D eigenvalue weighted by molar-refractivity contribution is 6.96. The maximum atomic E-state index is 13.1. The predicted octanol–water partition coefficient (Wildman–Crippen LogP) is 3.14. The molecule has 0 amide bonds. The van der Waals surface area contributed by atoms with Crippen LogP contribution in [0.2, 0.25) is 18.1 Å². The van der Waals surface area contributed by atoms with Gasteiger partial charge in [0.1, 0.15) is 0 Å². The molecular weight excluding hydrogens is 316 g/mol. The lowest BCUT2D eigenvalue weighted by atomic mass is 9.93. The minimum Gasteiger partial charge on any atom is -0.463 e. The van der Waals surface area contributed by atoms with E-state index >= 15 is 0 Å². The van der Waals surface area contributed by atoms with Crippen LogP contribution in [0, 0.1) is 12.8 Å². The molecule has 3 nitrogen and oxygen atoms in total. The van der Waals surface area contributed by atoms with Gasteiger partial charge in [-0.25, -0.2) is 0 Å². The Kier molecular flexibility index (Phi) is 5.12. The summed E-state index contributed by atoms with van der Waals surface area (Å²) in [5.41, 5.74) is 1.08. The standard InChI is InChI=1S/C20H30O3Si/c1-13-10-9-11-15-16(13)18(23-12-22-6)17(21)14(2)19(15)24(7,8)20(3,4)5/h9-11,14H,12H2,1-8H3. The number of carbonyl (C=O) groups excluding carboxylic acids is 1. The zero-order valence-corrected chi connectivity index (χ0v) is 17.2. The third-order valence-corrected chi connectivity index (χ3v) is 11.5. The van der Waals surface area contributed by atoms with Gasteiger partial charge in [-0.2, -0.15) is 0 Å². The minimum atomic E-state index is -1.85. The van der Waals surface area contributed by atoms with Crippen molar-refractivity contribution in [2.24, 2.45) is 5.92 Å². The summed E-state index contributed by atoms with van der Waals surface area (Å²) in [6.07, 6.45) is 0. The normalized spacial score (nSPS) is 18.7. The number of hydrogen-bond acceptors (Lipinski definition) is 3. The maximum absolute atomic E-state index is 13.1. The summed E-state index contributed by atoms with van der Waals surface area (Å²) >= 11 is 0. The molecule has 1 unspecified atom stereocenters. The highest BCUT2D eigenvalue weighted by Gasteiger charge is 2.44. The lowest BCUT2D eigenvalue weighted by molar-refractivity contribution is -0.118. The second kappa shape index (κ2) is 6.49. The van der Waals surface area contributed by atoms with Gasteiger partial charge in [0.15, 0.2) is 12.6 Å². The van der Waals surface area contributed by atoms with Gasteiger partial charge in [0, 0.05) is 18.2 Å². The fourth-order valence-corrected chi connectivity index (χ4v) is 6.32. The Morgan fingerprint density at radius 3 is 2.38 bits per heavy atom. The summed E-state index contributed by atoms with van der Waals surface area (Å²) in [5, 5.41) is 3.66. The molecule has 0 aliphatic heterocycles. The average Bonchev–Trinajstić information content (AvgIpc) is 2.47. The van der Waals surface area contributed by atoms with Crippen LogP contribution in [0.5, 0.6) is 0 Å². The van der Waals surface area contributed by atoms with E-state index in [1.165, 1.54) is 10.4 Å². The highest BCUT2D eigenvalue weighted by atomic mass is 28.3. The first-order valence-electron chi connectivity index (χ1n) is 8.54. The van der Waals surface area contributed by atoms with E-state index in [2.05, 4.69) is 46.0 Å². The number of benzene rings is 1. The molecule has 0 heterocycles. The molecule has 0 bridgehead atoms. The summed E-state index contributed by atoms with van der Waals surface area (Å²) in [7, 11) is -0.276. The molecule has 0 fully saturated rings. The number of ether oxygens (including phenoxy) is 2. The van der Waals surface area contributed by atoms with E-state index in [1.54, 1.807) is 7.11 Å². The number of aryl methyl sites for hydroxylation is 1. The molecule has 0 N–H and O–H groups in total. The molecular formula is C20H30O3Si. The van der Waals surface area contributed by atoms with E-state index in [-0.39, 0.29) is 23.5 Å². The van der Waals surface area contributed by atoms with Crippen molar-refractivity contribution in [2.75, 3.05) is 13.9 Å². The zero-order chi connectivity index (χ0) is 18.3. The molecule has 132 valence electrons. The molecule has 0 radical (unpaired) electrons. The fourth-order valence-electron chi connectivity index (χ4n) is 3.42. The van der Waals surface area contributed by atoms with Crippen molar-refractivity contribution in [2.45, 2.75) is 52.8 Å². The molecule has 0 saturated heterocycles. The Morgan fingerprint density at radius 2 is 1.83 bits per heavy atom. The largest absolute Gasteiger partial charge is 0.463 e. The lowest BCUT2D eigenvalue weighted by Gasteiger charge is -2.42. The highest BCUT2D eigenvalue weighted by Crippen LogP contribution is 2.44. The van der Waals surface area contributed by atoms with Crippen LogP contribution in [0.4, 0.5) is 0 Å². The number of methoxy groups -OCH3 is 1. The average molecular weight is 347 g/mol. The van der Waals surface area contributed by atoms with Gasteiger partial charge in [-0.1, -0.05) is 64.2 Å². The number of carbonyl (C=O) groups is 1. The molecule has 24 heavy (non-hydrogen) atoms. The van der Waals surface area contributed by atoms with Gasteiger partial charge in [-0.3, -0.25) is 4.79 Å². The summed E-state index contributed by atoms with van der Waals surface area (Å²) in [6.45, 7) is 15.8. The fraction of sp³-hybridized carbons (Fsp3) is 0.550. The van der Waals surface area contributed by atoms with Crippen LogP contribution >= 0.6 is 0 Å². The minimum absolute atomic E-state index is 0.0775. The van der Waals surface area contributed by atoms with Crippen molar-refractivity contribution in [3.8, 4) is 0 Å². The predicted molar refractivity (Wildman–Crippen MR) is 102 cm³/mol. The van der Waals surface area contributed by atoms with Crippen LogP contribution < -0.4 is 10.4 Å². The molecule has 1 aromatic carbocycles. The van der Waals surface area contributed by atoms with Gasteiger partial charge >= 0.3 is 0 Å². The van der Waals surface area contributed by atoms with Crippen molar-refractivity contribution >= 4 is 24.8 Å². The quantitative estimate of drug-likeness (QED) is 0.621. The first kappa shape index (κ1) is 18.9. The summed E-state index contributed by atoms with van der Waals surface area (Å²) in [6, 6.07) is 6.27. The van der Waals surface area contributed by atoms with Crippen molar-refractivity contribution in [3.63, 3.8) is 0 Å². The van der Waals surface area contributed by atoms with Gasteiger partial charge in [0.05, 0.1) is 8.07 Å². The van der Waals surface area contributed by atoms with E-state index in [0.29, 0.717) is 5.76 Å². The summed E-state index contributed by atoms with van der Waals surface area (Å²) < 4.78 is 10.8. The lowest BCUT2D eigenvalue weighted by Crippen LogP contribution is -2.52. The monoisotopic (exact) mass is 346 g/mol. The van der Waals surface area contributed by atoms with Gasteiger partial charge in [-0.05, 0) is 22.7 Å². The van der Waals surface area contributed by atoms with E-state index < -0.39 is 8.07 Å². The van der Waals surface area contributed by atoms with Gasteiger partial charge in [0.25, 0.3) is 0 Å². The first-order valence-corrected chi connectivity index (χ1v) is 11.5. The topological polar surface area (TPSA) is 35.5 Å². The van der Waals surface area contributed by atoms with Gasteiger partial charge in [-0.15, -0.1) is 0 Å². The third kappa shape index (κ3) is 2.97. The Balaban J connectivity index is 2.96. The number of fused-ring (bicyclic) bond motifs is 1. The Morgan fingerprint density at radius 1 is 1.21 bits per heavy atom. The first-order chi connectivity index (χ1) is 11.0. The smallest absolute Gasteiger partial charge is 0.204 e. The van der Waals surface area contributed by atoms with E-state index in [1.807, 2.05) is 19.9 Å². The van der Waals surface area contributed by atoms with Crippen LogP contribution in [0.25, 0.3) is 11.0 Å². The van der Waals surface area contributed by atoms with Crippen LogP contribution in [-0.2, 0) is 14.3 Å². The second-order valence-corrected chi connectivity index (χ2v) is 13.5. The zero-order valence-electron chi connectivity index (χ0n) is 16.2. The number of rotatable bonds is 4. The summed E-state index contributed by atoms with van der Waals surface area (Å²) in [5.74, 6) is 0.389. The molecule has 0 spiro atoms. The molecule has 0 saturated carbocycles. The maximum Gasteiger partial charge on any atom is 0.204 e. The van der Waals surface area contributed by atoms with Crippen molar-refractivity contribution in [1.82, 2.24) is 0 Å². The van der Waals surface area contributed by atoms with Crippen LogP contribution in [0.3, 0.4) is 0 Å². The van der Waals surface area contributed by atoms with Crippen molar-refractivity contribution < 1.29 is 14.3 Å². The Hall–Kier alpha value is -1.39. The van der Waals surface area contributed by atoms with Crippen LogP contribution in [0.15, 0.2) is 18.2 Å². The molecule has 1 aliphatic rings. The molecule has 2 rings (SSSR count). The van der Waals surface area contributed by atoms with E-state index in [4.69, 9.17) is 9.47 Å². The van der Waals surface area contributed by atoms with Crippen LogP contribution in [-0.4, -0.2) is 27.8 Å². The van der Waals surface area contributed by atoms with Crippen molar-refractivity contribution in [3.05, 3.63) is 34.2 Å². The van der Waals surface area contributed by atoms with Gasteiger partial charge in [0.2, 0.25) is 5.78 Å². The van der Waals surface area contributed by atoms with Crippen molar-refractivity contribution in [1.29, 1.82) is 0 Å². The second-order valence-electron chi connectivity index (χ2n) is 8.25. The third-order valence-electron chi connectivity index (χ3n) is 5.71. The number of Topliss-reactive ketones (excluding diaryl/α,β-unsaturated/α-hetero) is 1. The molecule has 1 aromatic rings. The van der Waals surface area contributed by atoms with Crippen LogP contribution in [0.1, 0.15) is 33.3 Å². The number of hydrogen-bond donors (Lipinski definition) is 0. The molecule has 1 atom stereocenters. The Bertz CT molecular complexity index is 769. The van der Waals surface area contributed by atoms with E-state index in [0.717, 1.165) is 10.8 Å². The Labute approximate surface area is 146 Å².